The lowest BCUT2D eigenvalue weighted by Crippen LogP contribution is -2.35. The fraction of sp³-hybridized carbons (Fsp3) is 0.688. The van der Waals surface area contributed by atoms with Crippen molar-refractivity contribution < 1.29 is 4.79 Å². The van der Waals surface area contributed by atoms with Gasteiger partial charge in [-0.3, -0.25) is 9.69 Å². The van der Waals surface area contributed by atoms with Gasteiger partial charge in [0.25, 0.3) is 0 Å². The second-order valence-corrected chi connectivity index (χ2v) is 6.77. The van der Waals surface area contributed by atoms with Crippen LogP contribution in [0.1, 0.15) is 60.0 Å². The van der Waals surface area contributed by atoms with E-state index in [2.05, 4.69) is 24.9 Å². The van der Waals surface area contributed by atoms with E-state index in [-0.39, 0.29) is 5.78 Å². The van der Waals surface area contributed by atoms with Crippen molar-refractivity contribution in [2.45, 2.75) is 57.9 Å². The van der Waals surface area contributed by atoms with Gasteiger partial charge in [-0.25, -0.2) is 0 Å². The summed E-state index contributed by atoms with van der Waals surface area (Å²) in [7, 11) is 2.11. The molecule has 0 aromatic carbocycles. The fourth-order valence-electron chi connectivity index (χ4n) is 2.85. The third-order valence-electron chi connectivity index (χ3n) is 4.13. The second-order valence-electron chi connectivity index (χ2n) is 5.60. The van der Waals surface area contributed by atoms with Gasteiger partial charge in [0.1, 0.15) is 0 Å². The summed E-state index contributed by atoms with van der Waals surface area (Å²) in [6.07, 6.45) is 8.91. The van der Waals surface area contributed by atoms with Crippen molar-refractivity contribution in [1.82, 2.24) is 4.90 Å². The van der Waals surface area contributed by atoms with Crippen LogP contribution in [-0.4, -0.2) is 30.3 Å². The van der Waals surface area contributed by atoms with Crippen LogP contribution in [0.15, 0.2) is 12.1 Å². The molecule has 1 aliphatic carbocycles. The number of hydrogen-bond donors (Lipinski definition) is 0. The van der Waals surface area contributed by atoms with Crippen LogP contribution in [0.4, 0.5) is 0 Å². The number of carbonyl (C=O) groups is 1. The van der Waals surface area contributed by atoms with E-state index < -0.39 is 0 Å². The predicted molar refractivity (Wildman–Crippen MR) is 82.1 cm³/mol. The Balaban J connectivity index is 1.90. The number of carbonyl (C=O) groups excluding carboxylic acids is 1. The van der Waals surface area contributed by atoms with Crippen molar-refractivity contribution in [1.29, 1.82) is 0 Å². The molecular formula is C16H25NOS. The Hall–Kier alpha value is -0.670. The molecule has 3 heteroatoms. The highest BCUT2D eigenvalue weighted by Crippen LogP contribution is 2.22. The molecule has 0 amide bonds. The molecule has 0 spiro atoms. The highest BCUT2D eigenvalue weighted by atomic mass is 32.1. The van der Waals surface area contributed by atoms with Gasteiger partial charge in [0.2, 0.25) is 0 Å². The molecule has 1 fully saturated rings. The molecule has 0 radical (unpaired) electrons. The first-order valence-corrected chi connectivity index (χ1v) is 8.34. The van der Waals surface area contributed by atoms with Gasteiger partial charge in [-0.1, -0.05) is 32.6 Å². The average molecular weight is 279 g/mol. The van der Waals surface area contributed by atoms with Crippen molar-refractivity contribution in [3.8, 4) is 0 Å². The Morgan fingerprint density at radius 3 is 2.53 bits per heavy atom. The molecule has 1 aliphatic rings. The number of hydrogen-bond acceptors (Lipinski definition) is 3. The molecule has 1 aromatic heterocycles. The molecule has 1 saturated carbocycles. The molecule has 2 nitrogen and oxygen atoms in total. The number of Topliss-reactive ketones (excluding diaryl/α,β-unsaturated/α-hetero) is 1. The summed E-state index contributed by atoms with van der Waals surface area (Å²) in [6.45, 7) is 2.71. The first kappa shape index (κ1) is 14.7. The lowest BCUT2D eigenvalue weighted by atomic mass is 10.1. The highest BCUT2D eigenvalue weighted by molar-refractivity contribution is 7.14. The topological polar surface area (TPSA) is 20.3 Å². The standard InChI is InChI=1S/C16H25NOS/c1-3-14-10-11-16(19-14)15(18)12-17(2)13-8-6-4-5-7-9-13/h10-11,13H,3-9,12H2,1-2H3. The third kappa shape index (κ3) is 4.15. The normalized spacial score (nSPS) is 17.6. The molecule has 0 atom stereocenters. The van der Waals surface area contributed by atoms with Crippen LogP contribution in [0.3, 0.4) is 0 Å². The summed E-state index contributed by atoms with van der Waals surface area (Å²) in [5.74, 6) is 0.288. The van der Waals surface area contributed by atoms with E-state index in [1.165, 1.54) is 43.4 Å². The van der Waals surface area contributed by atoms with Gasteiger partial charge in [-0.05, 0) is 38.4 Å². The lowest BCUT2D eigenvalue weighted by molar-refractivity contribution is 0.0916. The SMILES string of the molecule is CCc1ccc(C(=O)CN(C)C2CCCCCC2)s1. The number of nitrogens with zero attached hydrogens (tertiary/aromatic N) is 1. The molecule has 0 saturated heterocycles. The van der Waals surface area contributed by atoms with E-state index in [0.717, 1.165) is 11.3 Å². The Bertz CT molecular complexity index is 405. The summed E-state index contributed by atoms with van der Waals surface area (Å²) in [6, 6.07) is 4.69. The van der Waals surface area contributed by atoms with Gasteiger partial charge in [0.15, 0.2) is 5.78 Å². The minimum Gasteiger partial charge on any atom is -0.296 e. The van der Waals surface area contributed by atoms with E-state index in [4.69, 9.17) is 0 Å². The minimum absolute atomic E-state index is 0.288. The van der Waals surface area contributed by atoms with E-state index >= 15 is 0 Å². The van der Waals surface area contributed by atoms with E-state index in [0.29, 0.717) is 12.6 Å². The van der Waals surface area contributed by atoms with E-state index in [9.17, 15) is 4.79 Å². The monoisotopic (exact) mass is 279 g/mol. The van der Waals surface area contributed by atoms with Crippen LogP contribution in [0, 0.1) is 0 Å². The molecular weight excluding hydrogens is 254 g/mol. The molecule has 0 bridgehead atoms. The molecule has 2 rings (SSSR count). The van der Waals surface area contributed by atoms with Crippen LogP contribution in [0.5, 0.6) is 0 Å². The quantitative estimate of drug-likeness (QED) is 0.596. The van der Waals surface area contributed by atoms with E-state index in [1.807, 2.05) is 6.07 Å². The smallest absolute Gasteiger partial charge is 0.186 e. The van der Waals surface area contributed by atoms with Crippen LogP contribution >= 0.6 is 11.3 Å². The largest absolute Gasteiger partial charge is 0.296 e. The molecule has 0 N–H and O–H groups in total. The fourth-order valence-corrected chi connectivity index (χ4v) is 3.73. The summed E-state index contributed by atoms with van der Waals surface area (Å²) in [5.41, 5.74) is 0. The lowest BCUT2D eigenvalue weighted by Gasteiger charge is -2.26. The average Bonchev–Trinajstić information content (AvgIpc) is 2.73. The van der Waals surface area contributed by atoms with Gasteiger partial charge in [-0.2, -0.15) is 0 Å². The van der Waals surface area contributed by atoms with Crippen LogP contribution < -0.4 is 0 Å². The van der Waals surface area contributed by atoms with Crippen LogP contribution in [0.25, 0.3) is 0 Å². The summed E-state index contributed by atoms with van der Waals surface area (Å²) < 4.78 is 0. The number of likely N-dealkylation sites (N-methyl/N-ethyl adjacent to an activating group) is 1. The first-order chi connectivity index (χ1) is 9.20. The Kier molecular flexibility index (Phi) is 5.59. The molecule has 106 valence electrons. The predicted octanol–water partition coefficient (Wildman–Crippen LogP) is 4.15. The van der Waals surface area contributed by atoms with Crippen LogP contribution in [-0.2, 0) is 6.42 Å². The number of aryl methyl sites for hydroxylation is 1. The number of thiophene rings is 1. The zero-order chi connectivity index (χ0) is 13.7. The van der Waals surface area contributed by atoms with Gasteiger partial charge in [-0.15, -0.1) is 11.3 Å². The molecule has 19 heavy (non-hydrogen) atoms. The first-order valence-electron chi connectivity index (χ1n) is 7.53. The van der Waals surface area contributed by atoms with Gasteiger partial charge in [0.05, 0.1) is 11.4 Å². The highest BCUT2D eigenvalue weighted by Gasteiger charge is 2.20. The Morgan fingerprint density at radius 1 is 1.26 bits per heavy atom. The zero-order valence-corrected chi connectivity index (χ0v) is 13.0. The van der Waals surface area contributed by atoms with E-state index in [1.54, 1.807) is 11.3 Å². The van der Waals surface area contributed by atoms with Gasteiger partial charge >= 0.3 is 0 Å². The Morgan fingerprint density at radius 2 is 1.95 bits per heavy atom. The number of ketones is 1. The summed E-state index contributed by atoms with van der Waals surface area (Å²) >= 11 is 1.66. The summed E-state index contributed by atoms with van der Waals surface area (Å²) in [4.78, 5) is 16.8. The molecule has 0 aliphatic heterocycles. The maximum absolute atomic E-state index is 12.3. The molecule has 1 heterocycles. The summed E-state index contributed by atoms with van der Waals surface area (Å²) in [5, 5.41) is 0. The minimum atomic E-state index is 0.288. The maximum Gasteiger partial charge on any atom is 0.186 e. The second kappa shape index (κ2) is 7.20. The molecule has 0 unspecified atom stereocenters. The Labute approximate surface area is 120 Å². The zero-order valence-electron chi connectivity index (χ0n) is 12.2. The van der Waals surface area contributed by atoms with Crippen molar-refractivity contribution in [3.63, 3.8) is 0 Å². The van der Waals surface area contributed by atoms with Gasteiger partial charge in [0, 0.05) is 10.9 Å². The number of rotatable bonds is 5. The maximum atomic E-state index is 12.3. The van der Waals surface area contributed by atoms with Crippen molar-refractivity contribution in [3.05, 3.63) is 21.9 Å². The van der Waals surface area contributed by atoms with Crippen molar-refractivity contribution >= 4 is 17.1 Å². The van der Waals surface area contributed by atoms with Crippen LogP contribution in [0.2, 0.25) is 0 Å². The van der Waals surface area contributed by atoms with Gasteiger partial charge < -0.3 is 0 Å². The molecule has 1 aromatic rings. The third-order valence-corrected chi connectivity index (χ3v) is 5.40. The van der Waals surface area contributed by atoms with Crippen molar-refractivity contribution in [2.75, 3.05) is 13.6 Å². The van der Waals surface area contributed by atoms with Crippen molar-refractivity contribution in [2.24, 2.45) is 0 Å².